The highest BCUT2D eigenvalue weighted by Gasteiger charge is 2.18. The second-order valence-corrected chi connectivity index (χ2v) is 3.86. The zero-order valence-corrected chi connectivity index (χ0v) is 10.1. The van der Waals surface area contributed by atoms with E-state index < -0.39 is 0 Å². The van der Waals surface area contributed by atoms with Gasteiger partial charge in [0.05, 0.1) is 5.56 Å². The minimum absolute atomic E-state index is 0.00111. The Morgan fingerprint density at radius 3 is 2.50 bits per heavy atom. The number of hydrogen-bond acceptors (Lipinski definition) is 3. The van der Waals surface area contributed by atoms with Crippen LogP contribution in [0.3, 0.4) is 0 Å². The van der Waals surface area contributed by atoms with Gasteiger partial charge in [-0.25, -0.2) is 4.98 Å². The first-order valence-electron chi connectivity index (χ1n) is 5.58. The molecule has 0 aliphatic heterocycles. The lowest BCUT2D eigenvalue weighted by molar-refractivity contribution is 0.0723. The van der Waals surface area contributed by atoms with Crippen LogP contribution in [0.15, 0.2) is 18.3 Å². The molecule has 1 aromatic rings. The summed E-state index contributed by atoms with van der Waals surface area (Å²) in [7, 11) is 1.83. The molecule has 88 valence electrons. The van der Waals surface area contributed by atoms with Crippen molar-refractivity contribution in [2.75, 3.05) is 12.8 Å². The number of carbonyl (C=O) groups excluding carboxylic acids is 1. The number of aromatic nitrogens is 1. The second-order valence-electron chi connectivity index (χ2n) is 3.86. The van der Waals surface area contributed by atoms with Crippen LogP contribution < -0.4 is 5.73 Å². The second kappa shape index (κ2) is 5.49. The molecule has 0 aliphatic rings. The minimum Gasteiger partial charge on any atom is -0.384 e. The van der Waals surface area contributed by atoms with E-state index in [4.69, 9.17) is 5.73 Å². The van der Waals surface area contributed by atoms with Crippen molar-refractivity contribution >= 4 is 11.7 Å². The largest absolute Gasteiger partial charge is 0.384 e. The normalized spacial score (nSPS) is 10.5. The highest BCUT2D eigenvalue weighted by Crippen LogP contribution is 2.11. The van der Waals surface area contributed by atoms with Gasteiger partial charge in [-0.05, 0) is 25.0 Å². The molecule has 0 spiro atoms. The van der Waals surface area contributed by atoms with Crippen LogP contribution in [0.2, 0.25) is 0 Å². The number of nitrogens with zero attached hydrogens (tertiary/aromatic N) is 2. The summed E-state index contributed by atoms with van der Waals surface area (Å²) in [4.78, 5) is 17.8. The molecule has 0 saturated carbocycles. The van der Waals surface area contributed by atoms with Gasteiger partial charge in [-0.1, -0.05) is 13.8 Å². The van der Waals surface area contributed by atoms with Crippen molar-refractivity contribution in [2.24, 2.45) is 0 Å². The van der Waals surface area contributed by atoms with Crippen LogP contribution in [-0.2, 0) is 0 Å². The third-order valence-corrected chi connectivity index (χ3v) is 2.84. The molecule has 1 amide bonds. The predicted octanol–water partition coefficient (Wildman–Crippen LogP) is 1.92. The molecular weight excluding hydrogens is 202 g/mol. The van der Waals surface area contributed by atoms with Crippen molar-refractivity contribution in [3.8, 4) is 0 Å². The number of rotatable bonds is 4. The fourth-order valence-corrected chi connectivity index (χ4v) is 1.74. The molecule has 1 heterocycles. The molecule has 0 radical (unpaired) electrons. The maximum absolute atomic E-state index is 12.1. The summed E-state index contributed by atoms with van der Waals surface area (Å²) in [5, 5.41) is 0. The fourth-order valence-electron chi connectivity index (χ4n) is 1.74. The maximum Gasteiger partial charge on any atom is 0.255 e. The molecule has 0 unspecified atom stereocenters. The SMILES string of the molecule is CCC(CC)N(C)C(=O)c1ccc(N)nc1. The smallest absolute Gasteiger partial charge is 0.255 e. The maximum atomic E-state index is 12.1. The first-order chi connectivity index (χ1) is 7.60. The average molecular weight is 221 g/mol. The minimum atomic E-state index is 0.00111. The Bertz CT molecular complexity index is 344. The van der Waals surface area contributed by atoms with Crippen molar-refractivity contribution in [2.45, 2.75) is 32.7 Å². The molecule has 0 saturated heterocycles. The Labute approximate surface area is 96.5 Å². The summed E-state index contributed by atoms with van der Waals surface area (Å²) in [5.74, 6) is 0.433. The predicted molar refractivity (Wildman–Crippen MR) is 65.1 cm³/mol. The molecule has 0 aliphatic carbocycles. The van der Waals surface area contributed by atoms with E-state index in [-0.39, 0.29) is 11.9 Å². The summed E-state index contributed by atoms with van der Waals surface area (Å²) < 4.78 is 0. The average Bonchev–Trinajstić information content (AvgIpc) is 2.30. The van der Waals surface area contributed by atoms with Gasteiger partial charge in [-0.2, -0.15) is 0 Å². The molecule has 1 rings (SSSR count). The monoisotopic (exact) mass is 221 g/mol. The summed E-state index contributed by atoms with van der Waals surface area (Å²) in [6, 6.07) is 3.64. The Kier molecular flexibility index (Phi) is 4.28. The van der Waals surface area contributed by atoms with Gasteiger partial charge in [0.25, 0.3) is 5.91 Å². The number of pyridine rings is 1. The van der Waals surface area contributed by atoms with Gasteiger partial charge in [0, 0.05) is 19.3 Å². The molecule has 1 aromatic heterocycles. The van der Waals surface area contributed by atoms with E-state index in [1.54, 1.807) is 17.0 Å². The van der Waals surface area contributed by atoms with Crippen molar-refractivity contribution in [3.63, 3.8) is 0 Å². The van der Waals surface area contributed by atoms with Gasteiger partial charge in [0.15, 0.2) is 0 Å². The van der Waals surface area contributed by atoms with E-state index in [1.807, 2.05) is 7.05 Å². The topological polar surface area (TPSA) is 59.2 Å². The van der Waals surface area contributed by atoms with Gasteiger partial charge in [-0.3, -0.25) is 4.79 Å². The molecule has 2 N–H and O–H groups in total. The number of nitrogens with two attached hydrogens (primary N) is 1. The number of anilines is 1. The standard InChI is InChI=1S/C12H19N3O/c1-4-10(5-2)15(3)12(16)9-6-7-11(13)14-8-9/h6-8,10H,4-5H2,1-3H3,(H2,13,14). The Morgan fingerprint density at radius 1 is 1.44 bits per heavy atom. The molecule has 0 atom stereocenters. The fraction of sp³-hybridized carbons (Fsp3) is 0.500. The lowest BCUT2D eigenvalue weighted by atomic mass is 10.1. The summed E-state index contributed by atoms with van der Waals surface area (Å²) >= 11 is 0. The number of hydrogen-bond donors (Lipinski definition) is 1. The van der Waals surface area contributed by atoms with Gasteiger partial charge in [0.1, 0.15) is 5.82 Å². The Hall–Kier alpha value is -1.58. The zero-order valence-electron chi connectivity index (χ0n) is 10.1. The van der Waals surface area contributed by atoms with Gasteiger partial charge in [0.2, 0.25) is 0 Å². The Balaban J connectivity index is 2.81. The molecule has 0 aromatic carbocycles. The van der Waals surface area contributed by atoms with E-state index >= 15 is 0 Å². The first kappa shape index (κ1) is 12.5. The van der Waals surface area contributed by atoms with Crippen LogP contribution in [0.4, 0.5) is 5.82 Å². The van der Waals surface area contributed by atoms with E-state index in [1.165, 1.54) is 6.20 Å². The number of carbonyl (C=O) groups is 1. The van der Waals surface area contributed by atoms with Crippen molar-refractivity contribution in [1.82, 2.24) is 9.88 Å². The summed E-state index contributed by atoms with van der Waals surface area (Å²) in [6.45, 7) is 4.17. The zero-order chi connectivity index (χ0) is 12.1. The van der Waals surface area contributed by atoms with Crippen molar-refractivity contribution < 1.29 is 4.79 Å². The van der Waals surface area contributed by atoms with Crippen LogP contribution in [0.5, 0.6) is 0 Å². The van der Waals surface area contributed by atoms with Crippen molar-refractivity contribution in [1.29, 1.82) is 0 Å². The van der Waals surface area contributed by atoms with Crippen LogP contribution in [0.1, 0.15) is 37.0 Å². The third-order valence-electron chi connectivity index (χ3n) is 2.84. The van der Waals surface area contributed by atoms with Gasteiger partial charge < -0.3 is 10.6 Å². The van der Waals surface area contributed by atoms with E-state index in [2.05, 4.69) is 18.8 Å². The van der Waals surface area contributed by atoms with E-state index in [9.17, 15) is 4.79 Å². The molecule has 4 heteroatoms. The summed E-state index contributed by atoms with van der Waals surface area (Å²) in [6.07, 6.45) is 3.44. The lowest BCUT2D eigenvalue weighted by Gasteiger charge is -2.26. The van der Waals surface area contributed by atoms with Crippen molar-refractivity contribution in [3.05, 3.63) is 23.9 Å². The van der Waals surface area contributed by atoms with Crippen LogP contribution >= 0.6 is 0 Å². The quantitative estimate of drug-likeness (QED) is 0.845. The van der Waals surface area contributed by atoms with Gasteiger partial charge >= 0.3 is 0 Å². The van der Waals surface area contributed by atoms with Crippen LogP contribution in [0, 0.1) is 0 Å². The highest BCUT2D eigenvalue weighted by atomic mass is 16.2. The van der Waals surface area contributed by atoms with E-state index in [0.29, 0.717) is 11.4 Å². The third kappa shape index (κ3) is 2.72. The molecule has 16 heavy (non-hydrogen) atoms. The molecule has 4 nitrogen and oxygen atoms in total. The highest BCUT2D eigenvalue weighted by molar-refractivity contribution is 5.94. The number of amides is 1. The first-order valence-corrected chi connectivity index (χ1v) is 5.58. The number of nitrogen functional groups attached to an aromatic ring is 1. The van der Waals surface area contributed by atoms with Gasteiger partial charge in [-0.15, -0.1) is 0 Å². The summed E-state index contributed by atoms with van der Waals surface area (Å²) in [5.41, 5.74) is 6.07. The molecule has 0 bridgehead atoms. The molecular formula is C12H19N3O. The molecule has 0 fully saturated rings. The van der Waals surface area contributed by atoms with E-state index in [0.717, 1.165) is 12.8 Å². The van der Waals surface area contributed by atoms with Crippen LogP contribution in [-0.4, -0.2) is 28.9 Å². The Morgan fingerprint density at radius 2 is 2.06 bits per heavy atom. The lowest BCUT2D eigenvalue weighted by Crippen LogP contribution is -2.36. The van der Waals surface area contributed by atoms with Crippen LogP contribution in [0.25, 0.3) is 0 Å².